The number of para-hydroxylation sites is 1. The molecule has 116 valence electrons. The van der Waals surface area contributed by atoms with Crippen LogP contribution in [0, 0.1) is 0 Å². The molecule has 0 unspecified atom stereocenters. The number of hydrogen-bond acceptors (Lipinski definition) is 2. The first kappa shape index (κ1) is 17.2. The second-order valence-electron chi connectivity index (χ2n) is 5.23. The minimum atomic E-state index is -0.991. The van der Waals surface area contributed by atoms with Gasteiger partial charge >= 0.3 is 5.97 Å². The summed E-state index contributed by atoms with van der Waals surface area (Å²) in [6.07, 6.45) is 7.07. The normalized spacial score (nSPS) is 10.3. The molecule has 21 heavy (non-hydrogen) atoms. The molecule has 0 saturated heterocycles. The number of carboxylic acid groups (broad SMARTS) is 1. The van der Waals surface area contributed by atoms with Crippen molar-refractivity contribution in [3.05, 3.63) is 30.3 Å². The average molecular weight is 291 g/mol. The van der Waals surface area contributed by atoms with Crippen LogP contribution in [0.2, 0.25) is 0 Å². The van der Waals surface area contributed by atoms with E-state index in [0.717, 1.165) is 19.3 Å². The number of nitrogens with zero attached hydrogens (tertiary/aromatic N) is 1. The Bertz CT molecular complexity index is 431. The summed E-state index contributed by atoms with van der Waals surface area (Å²) in [6.45, 7) is 1.89. The van der Waals surface area contributed by atoms with Gasteiger partial charge in [0.15, 0.2) is 0 Å². The van der Waals surface area contributed by atoms with E-state index in [-0.39, 0.29) is 12.5 Å². The number of carbonyl (C=O) groups excluding carboxylic acids is 1. The zero-order valence-corrected chi connectivity index (χ0v) is 12.8. The number of anilines is 1. The third kappa shape index (κ3) is 6.93. The van der Waals surface area contributed by atoms with E-state index in [2.05, 4.69) is 6.92 Å². The molecule has 0 aliphatic carbocycles. The highest BCUT2D eigenvalue weighted by Crippen LogP contribution is 2.16. The summed E-state index contributed by atoms with van der Waals surface area (Å²) in [4.78, 5) is 24.5. The van der Waals surface area contributed by atoms with Crippen LogP contribution in [-0.2, 0) is 9.59 Å². The number of rotatable bonds is 10. The molecule has 0 fully saturated rings. The molecule has 4 heteroatoms. The molecule has 1 aromatic carbocycles. The maximum Gasteiger partial charge on any atom is 0.323 e. The molecule has 0 atom stereocenters. The van der Waals surface area contributed by atoms with E-state index in [1.165, 1.54) is 24.2 Å². The summed E-state index contributed by atoms with van der Waals surface area (Å²) in [5.41, 5.74) is 0.649. The fourth-order valence-electron chi connectivity index (χ4n) is 2.26. The van der Waals surface area contributed by atoms with Gasteiger partial charge in [-0.1, -0.05) is 57.2 Å². The van der Waals surface area contributed by atoms with Gasteiger partial charge in [-0.05, 0) is 18.6 Å². The Hall–Kier alpha value is -1.84. The smallest absolute Gasteiger partial charge is 0.323 e. The minimum absolute atomic E-state index is 0.112. The van der Waals surface area contributed by atoms with E-state index in [0.29, 0.717) is 12.1 Å². The highest BCUT2D eigenvalue weighted by atomic mass is 16.4. The minimum Gasteiger partial charge on any atom is -0.480 e. The van der Waals surface area contributed by atoms with Crippen molar-refractivity contribution in [1.29, 1.82) is 0 Å². The lowest BCUT2D eigenvalue weighted by atomic mass is 10.1. The largest absolute Gasteiger partial charge is 0.480 e. The number of benzene rings is 1. The SMILES string of the molecule is CCCCCCCCC(=O)N(CC(=O)O)c1ccccc1. The maximum absolute atomic E-state index is 12.2. The number of carbonyl (C=O) groups is 2. The molecule has 4 nitrogen and oxygen atoms in total. The zero-order valence-electron chi connectivity index (χ0n) is 12.8. The topological polar surface area (TPSA) is 57.6 Å². The van der Waals surface area contributed by atoms with E-state index in [1.807, 2.05) is 18.2 Å². The van der Waals surface area contributed by atoms with Crippen molar-refractivity contribution in [2.24, 2.45) is 0 Å². The quantitative estimate of drug-likeness (QED) is 0.666. The Labute approximate surface area is 126 Å². The second-order valence-corrected chi connectivity index (χ2v) is 5.23. The number of unbranched alkanes of at least 4 members (excludes halogenated alkanes) is 5. The molecule has 0 aliphatic heterocycles. The van der Waals surface area contributed by atoms with Gasteiger partial charge in [0.25, 0.3) is 0 Å². The van der Waals surface area contributed by atoms with Gasteiger partial charge in [-0.3, -0.25) is 9.59 Å². The second kappa shape index (κ2) is 9.97. The predicted octanol–water partition coefficient (Wildman–Crippen LogP) is 3.85. The van der Waals surface area contributed by atoms with Crippen LogP contribution in [-0.4, -0.2) is 23.5 Å². The summed E-state index contributed by atoms with van der Waals surface area (Å²) in [5, 5.41) is 8.97. The fraction of sp³-hybridized carbons (Fsp3) is 0.529. The van der Waals surface area contributed by atoms with Crippen LogP contribution in [0.5, 0.6) is 0 Å². The van der Waals surface area contributed by atoms with Crippen molar-refractivity contribution >= 4 is 17.6 Å². The van der Waals surface area contributed by atoms with Crippen molar-refractivity contribution in [2.75, 3.05) is 11.4 Å². The molecule has 1 aromatic rings. The highest BCUT2D eigenvalue weighted by molar-refractivity contribution is 5.97. The van der Waals surface area contributed by atoms with Crippen molar-refractivity contribution in [3.8, 4) is 0 Å². The van der Waals surface area contributed by atoms with Gasteiger partial charge < -0.3 is 10.0 Å². The molecule has 1 rings (SSSR count). The molecule has 0 aliphatic rings. The molecular weight excluding hydrogens is 266 g/mol. The van der Waals surface area contributed by atoms with Crippen LogP contribution < -0.4 is 4.90 Å². The zero-order chi connectivity index (χ0) is 15.5. The van der Waals surface area contributed by atoms with Gasteiger partial charge in [0.1, 0.15) is 6.54 Å². The Kier molecular flexibility index (Phi) is 8.17. The molecular formula is C17H25NO3. The Balaban J connectivity index is 2.47. The van der Waals surface area contributed by atoms with Crippen molar-refractivity contribution < 1.29 is 14.7 Å². The average Bonchev–Trinajstić information content (AvgIpc) is 2.49. The van der Waals surface area contributed by atoms with Crippen LogP contribution in [0.1, 0.15) is 51.9 Å². The first-order chi connectivity index (χ1) is 10.1. The van der Waals surface area contributed by atoms with Crippen LogP contribution in [0.15, 0.2) is 30.3 Å². The lowest BCUT2D eigenvalue weighted by molar-refractivity contribution is -0.136. The standard InChI is InChI=1S/C17H25NO3/c1-2-3-4-5-6-10-13-16(19)18(14-17(20)21)15-11-8-7-9-12-15/h7-9,11-12H,2-6,10,13-14H2,1H3,(H,20,21). The Morgan fingerprint density at radius 2 is 1.62 bits per heavy atom. The summed E-state index contributed by atoms with van der Waals surface area (Å²) >= 11 is 0. The first-order valence-corrected chi connectivity index (χ1v) is 7.72. The lowest BCUT2D eigenvalue weighted by Gasteiger charge is -2.20. The fourth-order valence-corrected chi connectivity index (χ4v) is 2.26. The molecule has 1 N–H and O–H groups in total. The van der Waals surface area contributed by atoms with Gasteiger partial charge in [-0.15, -0.1) is 0 Å². The summed E-state index contributed by atoms with van der Waals surface area (Å²) in [5.74, 6) is -1.10. The number of aliphatic carboxylic acids is 1. The van der Waals surface area contributed by atoms with E-state index in [4.69, 9.17) is 5.11 Å². The molecule has 0 spiro atoms. The van der Waals surface area contributed by atoms with Gasteiger partial charge in [-0.25, -0.2) is 0 Å². The van der Waals surface area contributed by atoms with Gasteiger partial charge in [0.05, 0.1) is 0 Å². The van der Waals surface area contributed by atoms with Gasteiger partial charge in [0.2, 0.25) is 5.91 Å². The third-order valence-corrected chi connectivity index (χ3v) is 3.41. The van der Waals surface area contributed by atoms with Crippen LogP contribution in [0.4, 0.5) is 5.69 Å². The molecule has 0 saturated carbocycles. The van der Waals surface area contributed by atoms with Crippen LogP contribution >= 0.6 is 0 Å². The molecule has 1 amide bonds. The summed E-state index contributed by atoms with van der Waals surface area (Å²) in [7, 11) is 0. The number of carboxylic acids is 1. The van der Waals surface area contributed by atoms with Gasteiger partial charge in [-0.2, -0.15) is 0 Å². The van der Waals surface area contributed by atoms with Crippen molar-refractivity contribution in [1.82, 2.24) is 0 Å². The third-order valence-electron chi connectivity index (χ3n) is 3.41. The van der Waals surface area contributed by atoms with Crippen molar-refractivity contribution in [3.63, 3.8) is 0 Å². The number of hydrogen-bond donors (Lipinski definition) is 1. The molecule has 0 radical (unpaired) electrons. The molecule has 0 aromatic heterocycles. The van der Waals surface area contributed by atoms with E-state index in [9.17, 15) is 9.59 Å². The number of amides is 1. The predicted molar refractivity (Wildman–Crippen MR) is 84.4 cm³/mol. The van der Waals surface area contributed by atoms with E-state index in [1.54, 1.807) is 12.1 Å². The monoisotopic (exact) mass is 291 g/mol. The highest BCUT2D eigenvalue weighted by Gasteiger charge is 2.17. The Morgan fingerprint density at radius 1 is 1.00 bits per heavy atom. The van der Waals surface area contributed by atoms with Crippen molar-refractivity contribution in [2.45, 2.75) is 51.9 Å². The molecule has 0 bridgehead atoms. The summed E-state index contributed by atoms with van der Waals surface area (Å²) < 4.78 is 0. The molecule has 0 heterocycles. The van der Waals surface area contributed by atoms with E-state index >= 15 is 0 Å². The summed E-state index contributed by atoms with van der Waals surface area (Å²) in [6, 6.07) is 9.00. The van der Waals surface area contributed by atoms with Gasteiger partial charge in [0, 0.05) is 12.1 Å². The lowest BCUT2D eigenvalue weighted by Crippen LogP contribution is -2.35. The van der Waals surface area contributed by atoms with Crippen LogP contribution in [0.25, 0.3) is 0 Å². The first-order valence-electron chi connectivity index (χ1n) is 7.72. The Morgan fingerprint density at radius 3 is 2.24 bits per heavy atom. The van der Waals surface area contributed by atoms with Crippen LogP contribution in [0.3, 0.4) is 0 Å². The maximum atomic E-state index is 12.2. The van der Waals surface area contributed by atoms with E-state index < -0.39 is 5.97 Å².